The highest BCUT2D eigenvalue weighted by Gasteiger charge is 2.25. The number of carbonyl (C=O) groups excluding carboxylic acids is 1. The van der Waals surface area contributed by atoms with Crippen LogP contribution in [0.15, 0.2) is 47.4 Å². The number of aromatic nitrogens is 2. The highest BCUT2D eigenvalue weighted by atomic mass is 79.9. The quantitative estimate of drug-likeness (QED) is 0.336. The summed E-state index contributed by atoms with van der Waals surface area (Å²) in [5, 5.41) is 2.85. The minimum Gasteiger partial charge on any atom is -0.327 e. The minimum atomic E-state index is -3.71. The van der Waals surface area contributed by atoms with Crippen molar-refractivity contribution >= 4 is 48.6 Å². The number of hydrogen-bond acceptors (Lipinski definition) is 4. The maximum absolute atomic E-state index is 12.8. The number of anilines is 1. The van der Waals surface area contributed by atoms with Crippen LogP contribution in [0.1, 0.15) is 64.3 Å². The molecular formula is C27H35BrN4O3S. The average Bonchev–Trinajstić information content (AvgIpc) is 3.22. The van der Waals surface area contributed by atoms with Gasteiger partial charge in [-0.05, 0) is 60.7 Å². The van der Waals surface area contributed by atoms with E-state index in [4.69, 9.17) is 4.98 Å². The number of rotatable bonds is 8. The summed E-state index contributed by atoms with van der Waals surface area (Å²) in [6.45, 7) is 7.73. The van der Waals surface area contributed by atoms with Crippen LogP contribution in [0.2, 0.25) is 0 Å². The summed E-state index contributed by atoms with van der Waals surface area (Å²) in [6.07, 6.45) is 6.49. The van der Waals surface area contributed by atoms with Gasteiger partial charge >= 0.3 is 0 Å². The molecule has 2 aromatic carbocycles. The van der Waals surface area contributed by atoms with Gasteiger partial charge in [-0.2, -0.15) is 0 Å². The van der Waals surface area contributed by atoms with E-state index in [0.717, 1.165) is 29.0 Å². The second-order valence-corrected chi connectivity index (χ2v) is 13.0. The van der Waals surface area contributed by atoms with Crippen LogP contribution < -0.4 is 10.0 Å². The molecule has 36 heavy (non-hydrogen) atoms. The SMILES string of the molecule is CC(C)(C)c1nc2cc(CNS(=O)(=O)c3ccc(NC(=O)CBr)cc3)ccc2n1CC1CCCCC1. The highest BCUT2D eigenvalue weighted by Crippen LogP contribution is 2.31. The van der Waals surface area contributed by atoms with Crippen LogP contribution in [0, 0.1) is 5.92 Å². The van der Waals surface area contributed by atoms with Gasteiger partial charge in [0.15, 0.2) is 0 Å². The summed E-state index contributed by atoms with van der Waals surface area (Å²) in [7, 11) is -3.71. The van der Waals surface area contributed by atoms with E-state index in [0.29, 0.717) is 11.6 Å². The zero-order valence-corrected chi connectivity index (χ0v) is 23.6. The molecule has 1 aliphatic rings. The number of nitrogens with one attached hydrogen (secondary N) is 2. The summed E-state index contributed by atoms with van der Waals surface area (Å²) < 4.78 is 30.8. The normalized spacial score (nSPS) is 15.3. The molecule has 1 fully saturated rings. The summed E-state index contributed by atoms with van der Waals surface area (Å²) in [5.41, 5.74) is 3.32. The predicted molar refractivity (Wildman–Crippen MR) is 148 cm³/mol. The van der Waals surface area contributed by atoms with Crippen LogP contribution in [0.5, 0.6) is 0 Å². The van der Waals surface area contributed by atoms with Crippen LogP contribution in [0.4, 0.5) is 5.69 Å². The Balaban J connectivity index is 1.51. The predicted octanol–water partition coefficient (Wildman–Crippen LogP) is 5.73. The van der Waals surface area contributed by atoms with Gasteiger partial charge in [-0.15, -0.1) is 0 Å². The molecule has 0 radical (unpaired) electrons. The summed E-state index contributed by atoms with van der Waals surface area (Å²) in [4.78, 5) is 16.6. The van der Waals surface area contributed by atoms with Gasteiger partial charge in [0.1, 0.15) is 5.82 Å². The van der Waals surface area contributed by atoms with Gasteiger partial charge in [0.05, 0.1) is 21.3 Å². The van der Waals surface area contributed by atoms with Crippen molar-refractivity contribution in [3.63, 3.8) is 0 Å². The minimum absolute atomic E-state index is 0.0877. The van der Waals surface area contributed by atoms with E-state index in [9.17, 15) is 13.2 Å². The van der Waals surface area contributed by atoms with Crippen molar-refractivity contribution < 1.29 is 13.2 Å². The molecule has 1 aromatic heterocycles. The van der Waals surface area contributed by atoms with Crippen molar-refractivity contribution in [2.45, 2.75) is 76.3 Å². The molecule has 0 unspecified atom stereocenters. The molecule has 4 rings (SSSR count). The summed E-state index contributed by atoms with van der Waals surface area (Å²) >= 11 is 3.09. The Labute approximate surface area is 222 Å². The van der Waals surface area contributed by atoms with Crippen molar-refractivity contribution in [2.75, 3.05) is 10.6 Å². The molecule has 0 bridgehead atoms. The molecule has 1 heterocycles. The average molecular weight is 576 g/mol. The van der Waals surface area contributed by atoms with E-state index in [-0.39, 0.29) is 28.1 Å². The fraction of sp³-hybridized carbons (Fsp3) is 0.481. The number of benzene rings is 2. The summed E-state index contributed by atoms with van der Waals surface area (Å²) in [6, 6.07) is 12.2. The largest absolute Gasteiger partial charge is 0.327 e. The molecule has 7 nitrogen and oxygen atoms in total. The van der Waals surface area contributed by atoms with Crippen molar-refractivity contribution in [3.8, 4) is 0 Å². The number of fused-ring (bicyclic) bond motifs is 1. The van der Waals surface area contributed by atoms with Crippen molar-refractivity contribution in [1.82, 2.24) is 14.3 Å². The van der Waals surface area contributed by atoms with E-state index in [1.807, 2.05) is 12.1 Å². The van der Waals surface area contributed by atoms with Crippen molar-refractivity contribution in [1.29, 1.82) is 0 Å². The van der Waals surface area contributed by atoms with Gasteiger partial charge < -0.3 is 9.88 Å². The zero-order valence-electron chi connectivity index (χ0n) is 21.2. The molecule has 194 valence electrons. The number of halogens is 1. The Hall–Kier alpha value is -2.23. The van der Waals surface area contributed by atoms with E-state index in [1.54, 1.807) is 12.1 Å². The van der Waals surface area contributed by atoms with Gasteiger partial charge in [-0.3, -0.25) is 4.79 Å². The van der Waals surface area contributed by atoms with Gasteiger partial charge in [0.25, 0.3) is 0 Å². The Morgan fingerprint density at radius 1 is 1.08 bits per heavy atom. The molecule has 0 atom stereocenters. The number of hydrogen-bond donors (Lipinski definition) is 2. The third kappa shape index (κ3) is 6.36. The van der Waals surface area contributed by atoms with Gasteiger partial charge in [0, 0.05) is 24.2 Å². The molecule has 0 aliphatic heterocycles. The third-order valence-electron chi connectivity index (χ3n) is 6.69. The molecule has 1 saturated carbocycles. The Bertz CT molecular complexity index is 1320. The number of carbonyl (C=O) groups is 1. The van der Waals surface area contributed by atoms with Crippen LogP contribution in [0.3, 0.4) is 0 Å². The van der Waals surface area contributed by atoms with Gasteiger partial charge in [0.2, 0.25) is 15.9 Å². The van der Waals surface area contributed by atoms with Crippen LogP contribution >= 0.6 is 15.9 Å². The van der Waals surface area contributed by atoms with E-state index < -0.39 is 10.0 Å². The second kappa shape index (κ2) is 11.0. The molecule has 2 N–H and O–H groups in total. The zero-order chi connectivity index (χ0) is 25.9. The molecule has 9 heteroatoms. The lowest BCUT2D eigenvalue weighted by molar-refractivity contribution is -0.113. The molecule has 1 aliphatic carbocycles. The topological polar surface area (TPSA) is 93.1 Å². The first-order valence-electron chi connectivity index (χ1n) is 12.5. The fourth-order valence-electron chi connectivity index (χ4n) is 4.84. The van der Waals surface area contributed by atoms with Gasteiger partial charge in [-0.25, -0.2) is 18.1 Å². The first kappa shape index (κ1) is 26.8. The Morgan fingerprint density at radius 3 is 2.42 bits per heavy atom. The number of alkyl halides is 1. The highest BCUT2D eigenvalue weighted by molar-refractivity contribution is 9.09. The maximum atomic E-state index is 12.8. The van der Waals surface area contributed by atoms with E-state index in [1.165, 1.54) is 44.2 Å². The van der Waals surface area contributed by atoms with Crippen molar-refractivity contribution in [3.05, 3.63) is 53.9 Å². The summed E-state index contributed by atoms with van der Waals surface area (Å²) in [5.74, 6) is 1.56. The molecule has 0 spiro atoms. The van der Waals surface area contributed by atoms with Crippen LogP contribution in [-0.2, 0) is 33.3 Å². The molecule has 0 saturated heterocycles. The number of amides is 1. The third-order valence-corrected chi connectivity index (χ3v) is 8.61. The molecule has 1 amide bonds. The van der Waals surface area contributed by atoms with Crippen molar-refractivity contribution in [2.24, 2.45) is 5.92 Å². The Morgan fingerprint density at radius 2 is 1.78 bits per heavy atom. The Kier molecular flexibility index (Phi) is 8.22. The first-order chi connectivity index (χ1) is 17.1. The fourth-order valence-corrected chi connectivity index (χ4v) is 6.00. The lowest BCUT2D eigenvalue weighted by atomic mass is 9.88. The number of imidazole rings is 1. The van der Waals surface area contributed by atoms with Crippen LogP contribution in [-0.4, -0.2) is 29.2 Å². The van der Waals surface area contributed by atoms with Crippen LogP contribution in [0.25, 0.3) is 11.0 Å². The smallest absolute Gasteiger partial charge is 0.240 e. The molecule has 3 aromatic rings. The lowest BCUT2D eigenvalue weighted by Gasteiger charge is -2.26. The molecular weight excluding hydrogens is 540 g/mol. The van der Waals surface area contributed by atoms with Gasteiger partial charge in [-0.1, -0.05) is 62.0 Å². The monoisotopic (exact) mass is 574 g/mol. The number of nitrogens with zero attached hydrogens (tertiary/aromatic N) is 2. The maximum Gasteiger partial charge on any atom is 0.240 e. The van der Waals surface area contributed by atoms with E-state index in [2.05, 4.69) is 57.4 Å². The lowest BCUT2D eigenvalue weighted by Crippen LogP contribution is -2.23. The van der Waals surface area contributed by atoms with E-state index >= 15 is 0 Å². The number of sulfonamides is 1. The first-order valence-corrected chi connectivity index (χ1v) is 15.1. The second-order valence-electron chi connectivity index (χ2n) is 10.7. The standard InChI is InChI=1S/C27H35BrN4O3S/c1-27(2,3)26-31-23-15-20(9-14-24(23)32(26)18-19-7-5-4-6-8-19)17-29-36(34,35)22-12-10-21(11-13-22)30-25(33)16-28/h9-15,19,29H,4-8,16-18H2,1-3H3,(H,30,33).